The van der Waals surface area contributed by atoms with E-state index in [9.17, 15) is 9.59 Å². The predicted octanol–water partition coefficient (Wildman–Crippen LogP) is 4.90. The lowest BCUT2D eigenvalue weighted by Crippen LogP contribution is -2.40. The van der Waals surface area contributed by atoms with E-state index in [4.69, 9.17) is 14.1 Å². The molecule has 1 atom stereocenters. The van der Waals surface area contributed by atoms with Crippen molar-refractivity contribution in [2.75, 3.05) is 6.61 Å². The Kier molecular flexibility index (Phi) is 7.57. The van der Waals surface area contributed by atoms with Crippen LogP contribution in [0.2, 0.25) is 0 Å². The summed E-state index contributed by atoms with van der Waals surface area (Å²) >= 11 is 3.40. The monoisotopic (exact) mass is 590 g/mol. The molecule has 2 aromatic heterocycles. The minimum Gasteiger partial charge on any atom is -0.463 e. The van der Waals surface area contributed by atoms with Crippen LogP contribution in [0, 0.1) is 3.77 Å². The minimum absolute atomic E-state index is 0.203. The fourth-order valence-electron chi connectivity index (χ4n) is 4.03. The molecular weight excluding hydrogens is 563 g/mol. The molecule has 0 radical (unpaired) electrons. The van der Waals surface area contributed by atoms with Gasteiger partial charge in [-0.05, 0) is 65.1 Å². The molecule has 0 saturated heterocycles. The van der Waals surface area contributed by atoms with E-state index in [0.717, 1.165) is 15.8 Å². The number of rotatable bonds is 7. The second-order valence-electron chi connectivity index (χ2n) is 8.38. The molecule has 34 heavy (non-hydrogen) atoms. The molecule has 0 amide bonds. The topological polar surface area (TPSA) is 73.8 Å². The van der Waals surface area contributed by atoms with E-state index in [2.05, 4.69) is 48.6 Å². The summed E-state index contributed by atoms with van der Waals surface area (Å²) in [6.07, 6.45) is 3.18. The van der Waals surface area contributed by atoms with Crippen molar-refractivity contribution in [2.24, 2.45) is 4.99 Å². The maximum Gasteiger partial charge on any atom is 0.338 e. The molecule has 0 spiro atoms. The first-order valence-corrected chi connectivity index (χ1v) is 13.3. The standard InChI is InChI=1S/C26H27IN2O4S/c1-5-7-19-22(25(31)32-6-2)23(17-10-8-16(9-11-17)15(3)4)29-24(30)20(34-26(29)28-19)14-18-12-13-21(27)33-18/h8-15,23H,5-7H2,1-4H3/b20-14-/t23-/m0/s1. The Morgan fingerprint density at radius 3 is 2.56 bits per heavy atom. The number of hydrogen-bond donors (Lipinski definition) is 0. The molecule has 1 aliphatic heterocycles. The molecule has 0 aliphatic carbocycles. The highest BCUT2D eigenvalue weighted by Gasteiger charge is 2.34. The largest absolute Gasteiger partial charge is 0.463 e. The first kappa shape index (κ1) is 24.7. The zero-order valence-electron chi connectivity index (χ0n) is 19.6. The average Bonchev–Trinajstić information content (AvgIpc) is 3.35. The van der Waals surface area contributed by atoms with Crippen molar-refractivity contribution < 1.29 is 13.9 Å². The van der Waals surface area contributed by atoms with Gasteiger partial charge in [-0.2, -0.15) is 0 Å². The lowest BCUT2D eigenvalue weighted by molar-refractivity contribution is -0.139. The summed E-state index contributed by atoms with van der Waals surface area (Å²) in [7, 11) is 0. The van der Waals surface area contributed by atoms with Crippen LogP contribution >= 0.6 is 33.9 Å². The number of hydrogen-bond acceptors (Lipinski definition) is 6. The van der Waals surface area contributed by atoms with E-state index in [0.29, 0.717) is 38.7 Å². The maximum absolute atomic E-state index is 13.6. The summed E-state index contributed by atoms with van der Waals surface area (Å²) in [5.41, 5.74) is 2.97. The van der Waals surface area contributed by atoms with E-state index in [-0.39, 0.29) is 12.2 Å². The van der Waals surface area contributed by atoms with Crippen LogP contribution in [0.3, 0.4) is 0 Å². The first-order chi connectivity index (χ1) is 16.3. The second-order valence-corrected chi connectivity index (χ2v) is 10.4. The third-order valence-corrected chi connectivity index (χ3v) is 7.24. The van der Waals surface area contributed by atoms with Gasteiger partial charge >= 0.3 is 5.97 Å². The van der Waals surface area contributed by atoms with Gasteiger partial charge < -0.3 is 9.15 Å². The van der Waals surface area contributed by atoms with Gasteiger partial charge in [-0.3, -0.25) is 9.36 Å². The third kappa shape index (κ3) is 4.84. The number of ether oxygens (including phenoxy) is 1. The normalized spacial score (nSPS) is 16.1. The molecule has 3 heterocycles. The van der Waals surface area contributed by atoms with E-state index < -0.39 is 12.0 Å². The van der Waals surface area contributed by atoms with Crippen molar-refractivity contribution >= 4 is 46.0 Å². The maximum atomic E-state index is 13.6. The van der Waals surface area contributed by atoms with E-state index in [1.54, 1.807) is 17.6 Å². The van der Waals surface area contributed by atoms with Gasteiger partial charge in [0, 0.05) is 6.08 Å². The molecule has 178 valence electrons. The van der Waals surface area contributed by atoms with Crippen LogP contribution in [0.25, 0.3) is 6.08 Å². The van der Waals surface area contributed by atoms with Gasteiger partial charge in [0.05, 0.1) is 28.5 Å². The Morgan fingerprint density at radius 2 is 1.97 bits per heavy atom. The van der Waals surface area contributed by atoms with Gasteiger partial charge in [0.15, 0.2) is 8.57 Å². The smallest absolute Gasteiger partial charge is 0.338 e. The Balaban J connectivity index is 1.97. The number of thiazole rings is 1. The Hall–Kier alpha value is -2.46. The number of aromatic nitrogens is 1. The molecule has 0 fully saturated rings. The number of furan rings is 1. The molecule has 0 bridgehead atoms. The van der Waals surface area contributed by atoms with Crippen LogP contribution in [-0.4, -0.2) is 17.1 Å². The fraction of sp³-hybridized carbons (Fsp3) is 0.346. The van der Waals surface area contributed by atoms with Gasteiger partial charge in [0.25, 0.3) is 5.56 Å². The molecular formula is C26H27IN2O4S. The fourth-order valence-corrected chi connectivity index (χ4v) is 5.47. The summed E-state index contributed by atoms with van der Waals surface area (Å²) in [6.45, 7) is 8.35. The van der Waals surface area contributed by atoms with Crippen LogP contribution < -0.4 is 14.9 Å². The number of carbonyl (C=O) groups is 1. The first-order valence-electron chi connectivity index (χ1n) is 11.4. The average molecular weight is 590 g/mol. The van der Waals surface area contributed by atoms with Crippen LogP contribution in [0.1, 0.15) is 69.4 Å². The SMILES string of the molecule is CCCC1=C(C(=O)OCC)[C@H](c2ccc(C(C)C)cc2)n2c(s/c(=C\c3ccc(I)o3)c2=O)=N1. The highest BCUT2D eigenvalue weighted by Crippen LogP contribution is 2.33. The molecule has 0 saturated carbocycles. The van der Waals surface area contributed by atoms with Gasteiger partial charge in [-0.15, -0.1) is 0 Å². The molecule has 8 heteroatoms. The number of nitrogens with zero attached hydrogens (tertiary/aromatic N) is 2. The van der Waals surface area contributed by atoms with Crippen LogP contribution in [0.4, 0.5) is 0 Å². The van der Waals surface area contributed by atoms with Gasteiger partial charge in [0.1, 0.15) is 5.76 Å². The summed E-state index contributed by atoms with van der Waals surface area (Å²) in [4.78, 5) is 32.2. The predicted molar refractivity (Wildman–Crippen MR) is 142 cm³/mol. The van der Waals surface area contributed by atoms with Crippen LogP contribution in [-0.2, 0) is 9.53 Å². The second kappa shape index (κ2) is 10.4. The van der Waals surface area contributed by atoms with Crippen molar-refractivity contribution in [3.05, 3.63) is 88.0 Å². The zero-order chi connectivity index (χ0) is 24.4. The van der Waals surface area contributed by atoms with Gasteiger partial charge in [0.2, 0.25) is 0 Å². The minimum atomic E-state index is -0.600. The molecule has 3 aromatic rings. The molecule has 4 rings (SSSR count). The van der Waals surface area contributed by atoms with Crippen molar-refractivity contribution in [1.29, 1.82) is 0 Å². The summed E-state index contributed by atoms with van der Waals surface area (Å²) < 4.78 is 14.0. The lowest BCUT2D eigenvalue weighted by atomic mass is 9.92. The molecule has 0 N–H and O–H groups in total. The highest BCUT2D eigenvalue weighted by molar-refractivity contribution is 14.1. The van der Waals surface area contributed by atoms with E-state index >= 15 is 0 Å². The molecule has 1 aliphatic rings. The van der Waals surface area contributed by atoms with E-state index in [1.165, 1.54) is 16.9 Å². The Bertz CT molecular complexity index is 1410. The van der Waals surface area contributed by atoms with E-state index in [1.807, 2.05) is 31.2 Å². The number of benzene rings is 1. The zero-order valence-corrected chi connectivity index (χ0v) is 22.6. The molecule has 0 unspecified atom stereocenters. The third-order valence-electron chi connectivity index (χ3n) is 5.68. The number of allylic oxidation sites excluding steroid dienone is 1. The van der Waals surface area contributed by atoms with Crippen molar-refractivity contribution in [2.45, 2.75) is 52.5 Å². The van der Waals surface area contributed by atoms with Crippen LogP contribution in [0.5, 0.6) is 0 Å². The quantitative estimate of drug-likeness (QED) is 0.290. The Labute approximate surface area is 215 Å². The number of esters is 1. The van der Waals surface area contributed by atoms with Crippen molar-refractivity contribution in [3.63, 3.8) is 0 Å². The van der Waals surface area contributed by atoms with Crippen molar-refractivity contribution in [1.82, 2.24) is 4.57 Å². The Morgan fingerprint density at radius 1 is 1.24 bits per heavy atom. The van der Waals surface area contributed by atoms with Crippen LogP contribution in [0.15, 0.2) is 61.9 Å². The summed E-state index contributed by atoms with van der Waals surface area (Å²) in [6, 6.07) is 11.2. The number of halogens is 1. The number of carbonyl (C=O) groups excluding carboxylic acids is 1. The summed E-state index contributed by atoms with van der Waals surface area (Å²) in [5, 5.41) is 0. The van der Waals surface area contributed by atoms with Gasteiger partial charge in [-0.1, -0.05) is 62.8 Å². The lowest BCUT2D eigenvalue weighted by Gasteiger charge is -2.26. The summed E-state index contributed by atoms with van der Waals surface area (Å²) in [5.74, 6) is 0.552. The van der Waals surface area contributed by atoms with Crippen molar-refractivity contribution in [3.8, 4) is 0 Å². The molecule has 1 aromatic carbocycles. The van der Waals surface area contributed by atoms with Gasteiger partial charge in [-0.25, -0.2) is 9.79 Å². The number of fused-ring (bicyclic) bond motifs is 1. The highest BCUT2D eigenvalue weighted by atomic mass is 127. The molecule has 6 nitrogen and oxygen atoms in total.